The monoisotopic (exact) mass is 316 g/mol. The molecule has 0 radical (unpaired) electrons. The Morgan fingerprint density at radius 3 is 2.43 bits per heavy atom. The van der Waals surface area contributed by atoms with Gasteiger partial charge in [0.1, 0.15) is 0 Å². The number of pyridine rings is 1. The van der Waals surface area contributed by atoms with Crippen LogP contribution in [-0.4, -0.2) is 48.1 Å². The number of ether oxygens (including phenoxy) is 1. The van der Waals surface area contributed by atoms with Gasteiger partial charge in [-0.05, 0) is 40.2 Å². The lowest BCUT2D eigenvalue weighted by atomic mass is 9.80. The lowest BCUT2D eigenvalue weighted by Crippen LogP contribution is -2.41. The lowest BCUT2D eigenvalue weighted by molar-refractivity contribution is -0.00586. The molecule has 0 aromatic carbocycles. The minimum absolute atomic E-state index is 0.0521. The van der Waals surface area contributed by atoms with Crippen LogP contribution >= 0.6 is 0 Å². The highest BCUT2D eigenvalue weighted by Crippen LogP contribution is 2.36. The molecule has 0 amide bonds. The molecule has 3 fully saturated rings. The van der Waals surface area contributed by atoms with Gasteiger partial charge >= 0.3 is 7.12 Å². The van der Waals surface area contributed by atoms with Gasteiger partial charge < -0.3 is 19.4 Å². The Kier molecular flexibility index (Phi) is 3.40. The molecule has 1 N–H and O–H groups in total. The van der Waals surface area contributed by atoms with Gasteiger partial charge in [0, 0.05) is 36.4 Å². The van der Waals surface area contributed by atoms with Crippen molar-refractivity contribution >= 4 is 12.6 Å². The van der Waals surface area contributed by atoms with Gasteiger partial charge in [0.05, 0.1) is 23.4 Å². The molecule has 3 aliphatic rings. The van der Waals surface area contributed by atoms with Crippen molar-refractivity contribution in [3.63, 3.8) is 0 Å². The maximum atomic E-state index is 6.07. The Balaban J connectivity index is 1.47. The number of hydrogen-bond acceptors (Lipinski definition) is 5. The summed E-state index contributed by atoms with van der Waals surface area (Å²) >= 11 is 0. The Bertz CT molecular complexity index is 578. The van der Waals surface area contributed by atoms with E-state index in [1.165, 1.54) is 0 Å². The van der Waals surface area contributed by atoms with Crippen LogP contribution in [0, 0.1) is 0 Å². The molecule has 0 aliphatic carbocycles. The van der Waals surface area contributed by atoms with Crippen LogP contribution in [0.25, 0.3) is 0 Å². The summed E-state index contributed by atoms with van der Waals surface area (Å²) in [4.78, 5) is 4.63. The fourth-order valence-electron chi connectivity index (χ4n) is 3.60. The third kappa shape index (κ3) is 2.62. The molecule has 3 aliphatic heterocycles. The van der Waals surface area contributed by atoms with Crippen LogP contribution in [0.5, 0.6) is 0 Å². The van der Waals surface area contributed by atoms with Crippen LogP contribution in [0.1, 0.15) is 39.8 Å². The van der Waals surface area contributed by atoms with Gasteiger partial charge in [0.25, 0.3) is 0 Å². The smallest absolute Gasteiger partial charge is 0.399 e. The Morgan fingerprint density at radius 2 is 1.96 bits per heavy atom. The van der Waals surface area contributed by atoms with E-state index in [1.807, 2.05) is 6.20 Å². The summed E-state index contributed by atoms with van der Waals surface area (Å²) in [5.41, 5.74) is 1.34. The molecular weight excluding hydrogens is 291 g/mol. The molecular formula is C17H25BN2O3. The predicted octanol–water partition coefficient (Wildman–Crippen LogP) is 1.05. The number of nitrogens with zero attached hydrogens (tertiary/aromatic N) is 1. The number of morpholine rings is 1. The van der Waals surface area contributed by atoms with Crippen molar-refractivity contribution in [1.82, 2.24) is 10.3 Å². The van der Waals surface area contributed by atoms with Crippen molar-refractivity contribution in [3.8, 4) is 0 Å². The summed E-state index contributed by atoms with van der Waals surface area (Å²) in [6.45, 7) is 10.0. The van der Waals surface area contributed by atoms with Crippen molar-refractivity contribution in [1.29, 1.82) is 0 Å². The van der Waals surface area contributed by atoms with E-state index in [9.17, 15) is 0 Å². The molecule has 4 rings (SSSR count). The molecule has 6 heteroatoms. The third-order valence-corrected chi connectivity index (χ3v) is 5.80. The average Bonchev–Trinajstić information content (AvgIpc) is 3.12. The van der Waals surface area contributed by atoms with Crippen molar-refractivity contribution in [2.75, 3.05) is 13.2 Å². The number of nitrogens with one attached hydrogen (secondary N) is 1. The first-order valence-electron chi connectivity index (χ1n) is 8.47. The summed E-state index contributed by atoms with van der Waals surface area (Å²) < 4.78 is 18.1. The molecule has 0 spiro atoms. The fourth-order valence-corrected chi connectivity index (χ4v) is 3.60. The van der Waals surface area contributed by atoms with E-state index in [-0.39, 0.29) is 23.9 Å². The first-order valence-corrected chi connectivity index (χ1v) is 8.47. The van der Waals surface area contributed by atoms with Crippen molar-refractivity contribution in [3.05, 3.63) is 24.0 Å². The average molecular weight is 316 g/mol. The second kappa shape index (κ2) is 5.02. The topological polar surface area (TPSA) is 52.6 Å². The van der Waals surface area contributed by atoms with Crippen LogP contribution in [0.4, 0.5) is 0 Å². The maximum Gasteiger partial charge on any atom is 0.496 e. The maximum absolute atomic E-state index is 6.07. The summed E-state index contributed by atoms with van der Waals surface area (Å²) in [5.74, 6) is 0. The molecule has 1 aromatic rings. The number of hydrogen-bond donors (Lipinski definition) is 1. The Morgan fingerprint density at radius 1 is 1.22 bits per heavy atom. The number of rotatable bonds is 3. The van der Waals surface area contributed by atoms with Gasteiger partial charge in [-0.15, -0.1) is 0 Å². The van der Waals surface area contributed by atoms with Crippen LogP contribution in [0.2, 0.25) is 0 Å². The number of fused-ring (bicyclic) bond motifs is 2. The molecule has 1 aromatic heterocycles. The predicted molar refractivity (Wildman–Crippen MR) is 88.7 cm³/mol. The molecule has 2 unspecified atom stereocenters. The highest BCUT2D eigenvalue weighted by Gasteiger charge is 2.52. The van der Waals surface area contributed by atoms with E-state index in [0.717, 1.165) is 37.2 Å². The lowest BCUT2D eigenvalue weighted by Gasteiger charge is -2.32. The van der Waals surface area contributed by atoms with E-state index in [1.54, 1.807) is 0 Å². The largest absolute Gasteiger partial charge is 0.496 e. The molecule has 124 valence electrons. The van der Waals surface area contributed by atoms with Crippen molar-refractivity contribution in [2.45, 2.75) is 63.4 Å². The van der Waals surface area contributed by atoms with Crippen LogP contribution in [0.15, 0.2) is 18.3 Å². The molecule has 2 bridgehead atoms. The van der Waals surface area contributed by atoms with Crippen molar-refractivity contribution < 1.29 is 14.0 Å². The van der Waals surface area contributed by atoms with Crippen molar-refractivity contribution in [2.24, 2.45) is 0 Å². The van der Waals surface area contributed by atoms with Gasteiger partial charge in [-0.3, -0.25) is 4.98 Å². The Hall–Kier alpha value is -0.945. The second-order valence-electron chi connectivity index (χ2n) is 8.12. The molecule has 5 nitrogen and oxygen atoms in total. The van der Waals surface area contributed by atoms with Crippen LogP contribution in [0.3, 0.4) is 0 Å². The Labute approximate surface area is 138 Å². The highest BCUT2D eigenvalue weighted by molar-refractivity contribution is 6.62. The first-order chi connectivity index (χ1) is 10.8. The highest BCUT2D eigenvalue weighted by atomic mass is 16.7. The molecule has 4 heterocycles. The fraction of sp³-hybridized carbons (Fsp3) is 0.706. The first kappa shape index (κ1) is 15.6. The summed E-state index contributed by atoms with van der Waals surface area (Å²) in [6.07, 6.45) is 3.83. The van der Waals surface area contributed by atoms with E-state index >= 15 is 0 Å². The summed E-state index contributed by atoms with van der Waals surface area (Å²) in [7, 11) is -0.347. The van der Waals surface area contributed by atoms with Crippen LogP contribution < -0.4 is 10.8 Å². The van der Waals surface area contributed by atoms with Gasteiger partial charge in [-0.25, -0.2) is 0 Å². The van der Waals surface area contributed by atoms with E-state index < -0.39 is 0 Å². The SMILES string of the molecule is CC1(C)OB(c2ccc(CC34CNC(CO3)C4)nc2)OC1(C)C. The van der Waals surface area contributed by atoms with Gasteiger partial charge in [-0.1, -0.05) is 6.07 Å². The zero-order valence-corrected chi connectivity index (χ0v) is 14.4. The minimum atomic E-state index is -0.347. The molecule has 0 saturated carbocycles. The minimum Gasteiger partial charge on any atom is -0.399 e. The van der Waals surface area contributed by atoms with Gasteiger partial charge in [0.15, 0.2) is 0 Å². The van der Waals surface area contributed by atoms with Gasteiger partial charge in [0.2, 0.25) is 0 Å². The van der Waals surface area contributed by atoms with E-state index in [0.29, 0.717) is 6.04 Å². The number of aromatic nitrogens is 1. The zero-order chi connectivity index (χ0) is 16.3. The van der Waals surface area contributed by atoms with Gasteiger partial charge in [-0.2, -0.15) is 0 Å². The standard InChI is InChI=1S/C17H25BN2O3/c1-15(2)16(3,4)23-18(22-15)12-5-6-13(19-9-12)7-17-8-14(10-21-17)20-11-17/h5-6,9,14,20H,7-8,10-11H2,1-4H3. The molecule has 3 saturated heterocycles. The normalized spacial score (nSPS) is 34.3. The molecule has 23 heavy (non-hydrogen) atoms. The van der Waals surface area contributed by atoms with E-state index in [4.69, 9.17) is 14.0 Å². The van der Waals surface area contributed by atoms with E-state index in [2.05, 4.69) is 50.1 Å². The quantitative estimate of drug-likeness (QED) is 0.845. The molecule has 2 atom stereocenters. The third-order valence-electron chi connectivity index (χ3n) is 5.80. The second-order valence-corrected chi connectivity index (χ2v) is 8.12. The zero-order valence-electron chi connectivity index (χ0n) is 14.4. The summed E-state index contributed by atoms with van der Waals surface area (Å²) in [5, 5.41) is 3.50. The van der Waals surface area contributed by atoms with Crippen LogP contribution in [-0.2, 0) is 20.5 Å². The summed E-state index contributed by atoms with van der Waals surface area (Å²) in [6, 6.07) is 4.67.